The molecule has 142 valence electrons. The summed E-state index contributed by atoms with van der Waals surface area (Å²) in [7, 11) is 0. The van der Waals surface area contributed by atoms with Gasteiger partial charge in [0.1, 0.15) is 0 Å². The van der Waals surface area contributed by atoms with Crippen molar-refractivity contribution < 1.29 is 0 Å². The van der Waals surface area contributed by atoms with E-state index in [1.165, 1.54) is 83.5 Å². The van der Waals surface area contributed by atoms with Crippen LogP contribution in [0.15, 0.2) is 36.5 Å². The van der Waals surface area contributed by atoms with E-state index >= 15 is 0 Å². The Morgan fingerprint density at radius 2 is 1.12 bits per heavy atom. The van der Waals surface area contributed by atoms with Crippen molar-refractivity contribution in [3.8, 4) is 0 Å². The SMILES string of the molecule is CC=CCC[C@H]1CC[C@H](C=CCC[C@H]2CC[C@H](C=CCC)CC2)CC1. The van der Waals surface area contributed by atoms with Gasteiger partial charge < -0.3 is 0 Å². The highest BCUT2D eigenvalue weighted by Crippen LogP contribution is 2.34. The van der Waals surface area contributed by atoms with E-state index in [1.54, 1.807) is 0 Å². The van der Waals surface area contributed by atoms with Gasteiger partial charge in [-0.1, -0.05) is 43.4 Å². The van der Waals surface area contributed by atoms with Crippen LogP contribution in [0, 0.1) is 23.7 Å². The molecule has 2 saturated carbocycles. The molecule has 0 aromatic rings. The molecule has 0 bridgehead atoms. The van der Waals surface area contributed by atoms with Crippen LogP contribution >= 0.6 is 0 Å². The quantitative estimate of drug-likeness (QED) is 0.370. The third-order valence-electron chi connectivity index (χ3n) is 6.55. The molecule has 0 amide bonds. The molecule has 0 heterocycles. The van der Waals surface area contributed by atoms with Crippen molar-refractivity contribution in [2.45, 2.75) is 97.3 Å². The van der Waals surface area contributed by atoms with Crippen molar-refractivity contribution in [3.05, 3.63) is 36.5 Å². The molecular formula is C25H42. The molecule has 25 heavy (non-hydrogen) atoms. The lowest BCUT2D eigenvalue weighted by Gasteiger charge is -2.27. The van der Waals surface area contributed by atoms with E-state index in [0.29, 0.717) is 0 Å². The molecule has 0 atom stereocenters. The first-order chi connectivity index (χ1) is 12.3. The minimum Gasteiger partial charge on any atom is -0.0917 e. The van der Waals surface area contributed by atoms with Crippen LogP contribution in [0.4, 0.5) is 0 Å². The Kier molecular flexibility index (Phi) is 10.3. The van der Waals surface area contributed by atoms with Crippen molar-refractivity contribution in [2.75, 3.05) is 0 Å². The molecule has 0 N–H and O–H groups in total. The lowest BCUT2D eigenvalue weighted by molar-refractivity contribution is 0.293. The van der Waals surface area contributed by atoms with Crippen LogP contribution in [0.3, 0.4) is 0 Å². The maximum Gasteiger partial charge on any atom is -0.0233 e. The van der Waals surface area contributed by atoms with E-state index in [4.69, 9.17) is 0 Å². The second-order valence-corrected chi connectivity index (χ2v) is 8.55. The zero-order valence-electron chi connectivity index (χ0n) is 17.0. The van der Waals surface area contributed by atoms with Gasteiger partial charge in [0.15, 0.2) is 0 Å². The summed E-state index contributed by atoms with van der Waals surface area (Å²) < 4.78 is 0. The molecule has 2 aliphatic carbocycles. The first-order valence-electron chi connectivity index (χ1n) is 11.3. The fourth-order valence-electron chi connectivity index (χ4n) is 4.79. The van der Waals surface area contributed by atoms with Crippen LogP contribution in [0.25, 0.3) is 0 Å². The highest BCUT2D eigenvalue weighted by molar-refractivity contribution is 4.93. The number of rotatable bonds is 9. The Hall–Kier alpha value is -0.780. The van der Waals surface area contributed by atoms with Crippen LogP contribution in [0.1, 0.15) is 97.3 Å². The summed E-state index contributed by atoms with van der Waals surface area (Å²) in [5.74, 6) is 3.76. The summed E-state index contributed by atoms with van der Waals surface area (Å²) in [6.07, 6.45) is 32.7. The van der Waals surface area contributed by atoms with Crippen LogP contribution in [-0.4, -0.2) is 0 Å². The van der Waals surface area contributed by atoms with Gasteiger partial charge in [-0.2, -0.15) is 0 Å². The second kappa shape index (κ2) is 12.6. The smallest absolute Gasteiger partial charge is 0.0233 e. The molecule has 0 unspecified atom stereocenters. The first kappa shape index (κ1) is 20.5. The summed E-state index contributed by atoms with van der Waals surface area (Å²) in [5, 5.41) is 0. The largest absolute Gasteiger partial charge is 0.0917 e. The van der Waals surface area contributed by atoms with Crippen molar-refractivity contribution in [1.82, 2.24) is 0 Å². The Bertz CT molecular complexity index is 398. The van der Waals surface area contributed by atoms with Crippen molar-refractivity contribution in [3.63, 3.8) is 0 Å². The molecule has 0 spiro atoms. The van der Waals surface area contributed by atoms with E-state index in [0.717, 1.165) is 23.7 Å². The second-order valence-electron chi connectivity index (χ2n) is 8.55. The number of hydrogen-bond acceptors (Lipinski definition) is 0. The molecule has 0 aromatic carbocycles. The molecule has 0 saturated heterocycles. The minimum absolute atomic E-state index is 0.882. The fraction of sp³-hybridized carbons (Fsp3) is 0.760. The highest BCUT2D eigenvalue weighted by Gasteiger charge is 2.20. The predicted octanol–water partition coefficient (Wildman–Crippen LogP) is 8.26. The van der Waals surface area contributed by atoms with E-state index in [9.17, 15) is 0 Å². The molecular weight excluding hydrogens is 300 g/mol. The van der Waals surface area contributed by atoms with Crippen LogP contribution < -0.4 is 0 Å². The van der Waals surface area contributed by atoms with Gasteiger partial charge in [0, 0.05) is 0 Å². The van der Waals surface area contributed by atoms with Crippen LogP contribution in [0.2, 0.25) is 0 Å². The zero-order valence-corrected chi connectivity index (χ0v) is 17.0. The number of allylic oxidation sites excluding steroid dienone is 6. The monoisotopic (exact) mass is 342 g/mol. The molecule has 0 radical (unpaired) electrons. The lowest BCUT2D eigenvalue weighted by Crippen LogP contribution is -2.13. The maximum atomic E-state index is 2.57. The van der Waals surface area contributed by atoms with E-state index in [1.807, 2.05) is 0 Å². The minimum atomic E-state index is 0.882. The summed E-state index contributed by atoms with van der Waals surface area (Å²) in [6, 6.07) is 0. The summed E-state index contributed by atoms with van der Waals surface area (Å²) >= 11 is 0. The lowest BCUT2D eigenvalue weighted by atomic mass is 9.79. The van der Waals surface area contributed by atoms with Gasteiger partial charge in [-0.25, -0.2) is 0 Å². The van der Waals surface area contributed by atoms with E-state index in [-0.39, 0.29) is 0 Å². The van der Waals surface area contributed by atoms with Gasteiger partial charge in [-0.05, 0) is 114 Å². The highest BCUT2D eigenvalue weighted by atomic mass is 14.3. The molecule has 2 fully saturated rings. The average Bonchev–Trinajstić information content (AvgIpc) is 2.66. The molecule has 2 rings (SSSR count). The Morgan fingerprint density at radius 3 is 1.60 bits per heavy atom. The van der Waals surface area contributed by atoms with Gasteiger partial charge in [0.25, 0.3) is 0 Å². The Balaban J connectivity index is 1.53. The fourth-order valence-corrected chi connectivity index (χ4v) is 4.79. The van der Waals surface area contributed by atoms with Gasteiger partial charge in [-0.3, -0.25) is 0 Å². The van der Waals surface area contributed by atoms with Gasteiger partial charge >= 0.3 is 0 Å². The standard InChI is InChI=1S/C25H42/c1-3-5-7-11-23-18-20-25(21-19-23)13-9-8-12-24-16-14-22(15-17-24)10-6-4-2/h3,5-6,9-10,13,22-25H,4,7-8,11-12,14-21H2,1-2H3/t22-,23-,24-,25-. The predicted molar refractivity (Wildman–Crippen MR) is 113 cm³/mol. The molecule has 0 heteroatoms. The molecule has 0 aromatic heterocycles. The maximum absolute atomic E-state index is 2.57. The third kappa shape index (κ3) is 8.43. The van der Waals surface area contributed by atoms with Gasteiger partial charge in [-0.15, -0.1) is 0 Å². The summed E-state index contributed by atoms with van der Waals surface area (Å²) in [6.45, 7) is 4.38. The van der Waals surface area contributed by atoms with Gasteiger partial charge in [0.05, 0.1) is 0 Å². The third-order valence-corrected chi connectivity index (χ3v) is 6.55. The Labute approximate surface area is 157 Å². The van der Waals surface area contributed by atoms with Crippen molar-refractivity contribution in [1.29, 1.82) is 0 Å². The van der Waals surface area contributed by atoms with Crippen LogP contribution in [-0.2, 0) is 0 Å². The molecule has 0 aliphatic heterocycles. The number of hydrogen-bond donors (Lipinski definition) is 0. The zero-order chi connectivity index (χ0) is 17.7. The van der Waals surface area contributed by atoms with E-state index < -0.39 is 0 Å². The van der Waals surface area contributed by atoms with E-state index in [2.05, 4.69) is 50.3 Å². The average molecular weight is 343 g/mol. The normalized spacial score (nSPS) is 31.4. The molecule has 2 aliphatic rings. The topological polar surface area (TPSA) is 0 Å². The van der Waals surface area contributed by atoms with Crippen molar-refractivity contribution >= 4 is 0 Å². The molecule has 0 nitrogen and oxygen atoms in total. The summed E-state index contributed by atoms with van der Waals surface area (Å²) in [4.78, 5) is 0. The van der Waals surface area contributed by atoms with Crippen LogP contribution in [0.5, 0.6) is 0 Å². The first-order valence-corrected chi connectivity index (χ1v) is 11.3. The van der Waals surface area contributed by atoms with Crippen molar-refractivity contribution in [2.24, 2.45) is 23.7 Å². The summed E-state index contributed by atoms with van der Waals surface area (Å²) in [5.41, 5.74) is 0. The Morgan fingerprint density at radius 1 is 0.640 bits per heavy atom. The van der Waals surface area contributed by atoms with Gasteiger partial charge in [0.2, 0.25) is 0 Å².